The molecule has 0 aromatic rings. The molecule has 0 aromatic carbocycles. The van der Waals surface area contributed by atoms with Gasteiger partial charge in [0, 0.05) is 19.3 Å². The van der Waals surface area contributed by atoms with Gasteiger partial charge in [-0.15, -0.1) is 0 Å². The van der Waals surface area contributed by atoms with E-state index in [0.717, 1.165) is 69.6 Å². The van der Waals surface area contributed by atoms with Crippen molar-refractivity contribution in [1.29, 1.82) is 0 Å². The summed E-state index contributed by atoms with van der Waals surface area (Å²) in [5.74, 6) is 0.792. The van der Waals surface area contributed by atoms with E-state index in [1.807, 2.05) is 0 Å². The average molecular weight is 892 g/mol. The zero-order chi connectivity index (χ0) is 46.1. The van der Waals surface area contributed by atoms with E-state index in [1.165, 1.54) is 205 Å². The lowest BCUT2D eigenvalue weighted by Crippen LogP contribution is -2.30. The van der Waals surface area contributed by atoms with Crippen LogP contribution in [-0.4, -0.2) is 37.2 Å². The Bertz CT molecular complexity index is 962. The summed E-state index contributed by atoms with van der Waals surface area (Å²) in [4.78, 5) is 38.1. The Morgan fingerprint density at radius 3 is 0.778 bits per heavy atom. The highest BCUT2D eigenvalue weighted by atomic mass is 16.6. The van der Waals surface area contributed by atoms with E-state index in [0.29, 0.717) is 19.3 Å². The number of carbonyl (C=O) groups excluding carboxylic acids is 3. The highest BCUT2D eigenvalue weighted by Gasteiger charge is 2.19. The van der Waals surface area contributed by atoms with E-state index in [4.69, 9.17) is 14.2 Å². The molecule has 0 aliphatic heterocycles. The summed E-state index contributed by atoms with van der Waals surface area (Å²) in [7, 11) is 0. The minimum absolute atomic E-state index is 0.0635. The Kier molecular flexibility index (Phi) is 48.6. The lowest BCUT2D eigenvalue weighted by molar-refractivity contribution is -0.167. The van der Waals surface area contributed by atoms with Crippen LogP contribution in [0.15, 0.2) is 0 Å². The Balaban J connectivity index is 4.28. The van der Waals surface area contributed by atoms with Crippen LogP contribution in [0.25, 0.3) is 0 Å². The molecule has 0 aliphatic carbocycles. The highest BCUT2D eigenvalue weighted by Crippen LogP contribution is 2.18. The molecule has 374 valence electrons. The zero-order valence-corrected chi connectivity index (χ0v) is 43.2. The van der Waals surface area contributed by atoms with Gasteiger partial charge in [0.2, 0.25) is 0 Å². The van der Waals surface area contributed by atoms with Crippen LogP contribution in [-0.2, 0) is 28.6 Å². The second-order valence-corrected chi connectivity index (χ2v) is 20.5. The van der Waals surface area contributed by atoms with Crippen molar-refractivity contribution in [2.24, 2.45) is 11.8 Å². The first-order valence-corrected chi connectivity index (χ1v) is 28.2. The second kappa shape index (κ2) is 49.8. The first kappa shape index (κ1) is 61.4. The minimum Gasteiger partial charge on any atom is -0.462 e. The van der Waals surface area contributed by atoms with Crippen molar-refractivity contribution in [2.45, 2.75) is 323 Å². The second-order valence-electron chi connectivity index (χ2n) is 20.5. The molecule has 0 radical (unpaired) electrons. The maximum atomic E-state index is 12.8. The van der Waals surface area contributed by atoms with Crippen molar-refractivity contribution in [3.05, 3.63) is 0 Å². The Labute approximate surface area is 393 Å². The number of rotatable bonds is 51. The minimum atomic E-state index is -0.763. The molecule has 6 nitrogen and oxygen atoms in total. The van der Waals surface area contributed by atoms with E-state index in [9.17, 15) is 14.4 Å². The van der Waals surface area contributed by atoms with Crippen LogP contribution in [0.1, 0.15) is 317 Å². The van der Waals surface area contributed by atoms with Crippen molar-refractivity contribution < 1.29 is 28.6 Å². The molecule has 0 saturated carbocycles. The summed E-state index contributed by atoms with van der Waals surface area (Å²) >= 11 is 0. The first-order chi connectivity index (χ1) is 30.7. The van der Waals surface area contributed by atoms with Crippen LogP contribution in [0, 0.1) is 11.8 Å². The fourth-order valence-corrected chi connectivity index (χ4v) is 8.70. The van der Waals surface area contributed by atoms with Gasteiger partial charge in [-0.1, -0.05) is 279 Å². The van der Waals surface area contributed by atoms with Gasteiger partial charge >= 0.3 is 17.9 Å². The predicted molar refractivity (Wildman–Crippen MR) is 270 cm³/mol. The van der Waals surface area contributed by atoms with Crippen LogP contribution in [0.5, 0.6) is 0 Å². The average Bonchev–Trinajstić information content (AvgIpc) is 3.25. The molecule has 63 heavy (non-hydrogen) atoms. The van der Waals surface area contributed by atoms with Crippen LogP contribution < -0.4 is 0 Å². The normalized spacial score (nSPS) is 12.0. The number of hydrogen-bond acceptors (Lipinski definition) is 6. The molecule has 6 heteroatoms. The Morgan fingerprint density at radius 2 is 0.524 bits per heavy atom. The largest absolute Gasteiger partial charge is 0.462 e. The smallest absolute Gasteiger partial charge is 0.306 e. The SMILES string of the molecule is CCCCCCCCCCCCCCCCCCCCCC(=O)O[C@H](COC(=O)CCCCCCCCCCCCCC(C)C)COC(=O)CCCCCCCCCCCC(C)C. The van der Waals surface area contributed by atoms with Gasteiger partial charge < -0.3 is 14.2 Å². The van der Waals surface area contributed by atoms with Gasteiger partial charge in [-0.3, -0.25) is 14.4 Å². The summed E-state index contributed by atoms with van der Waals surface area (Å²) in [6, 6.07) is 0. The van der Waals surface area contributed by atoms with Gasteiger partial charge in [0.05, 0.1) is 0 Å². The standard InChI is InChI=1S/C57H110O6/c1-6-7-8-9-10-11-12-13-14-15-16-17-18-19-22-28-34-39-44-49-57(60)63-54(51-62-56(59)48-43-38-33-29-24-26-31-36-41-46-53(4)5)50-61-55(58)47-42-37-32-27-23-20-21-25-30-35-40-45-52(2)3/h52-54H,6-51H2,1-5H3/t54-/m1/s1. The molecule has 0 rings (SSSR count). The molecule has 0 aromatic heterocycles. The predicted octanol–water partition coefficient (Wildman–Crippen LogP) is 18.5. The van der Waals surface area contributed by atoms with Gasteiger partial charge in [0.15, 0.2) is 6.10 Å². The molecule has 0 saturated heterocycles. The third kappa shape index (κ3) is 51.3. The maximum Gasteiger partial charge on any atom is 0.306 e. The van der Waals surface area contributed by atoms with Gasteiger partial charge in [0.1, 0.15) is 13.2 Å². The topological polar surface area (TPSA) is 78.9 Å². The van der Waals surface area contributed by atoms with E-state index in [2.05, 4.69) is 34.6 Å². The molecular formula is C57H110O6. The molecule has 0 fully saturated rings. The summed E-state index contributed by atoms with van der Waals surface area (Å²) in [6.07, 6.45) is 52.4. The van der Waals surface area contributed by atoms with Crippen molar-refractivity contribution >= 4 is 17.9 Å². The highest BCUT2D eigenvalue weighted by molar-refractivity contribution is 5.71. The Morgan fingerprint density at radius 1 is 0.302 bits per heavy atom. The lowest BCUT2D eigenvalue weighted by Gasteiger charge is -2.18. The fraction of sp³-hybridized carbons (Fsp3) is 0.947. The quantitative estimate of drug-likeness (QED) is 0.0344. The number of ether oxygens (including phenoxy) is 3. The van der Waals surface area contributed by atoms with E-state index >= 15 is 0 Å². The number of carbonyl (C=O) groups is 3. The monoisotopic (exact) mass is 891 g/mol. The van der Waals surface area contributed by atoms with Crippen molar-refractivity contribution in [3.8, 4) is 0 Å². The Hall–Kier alpha value is -1.59. The van der Waals surface area contributed by atoms with Gasteiger partial charge in [-0.05, 0) is 31.1 Å². The van der Waals surface area contributed by atoms with Gasteiger partial charge in [-0.25, -0.2) is 0 Å². The van der Waals surface area contributed by atoms with Crippen LogP contribution in [0.2, 0.25) is 0 Å². The molecule has 0 spiro atoms. The van der Waals surface area contributed by atoms with E-state index < -0.39 is 6.10 Å². The maximum absolute atomic E-state index is 12.8. The van der Waals surface area contributed by atoms with Gasteiger partial charge in [-0.2, -0.15) is 0 Å². The zero-order valence-electron chi connectivity index (χ0n) is 43.2. The number of hydrogen-bond donors (Lipinski definition) is 0. The van der Waals surface area contributed by atoms with E-state index in [1.54, 1.807) is 0 Å². The molecule has 1 atom stereocenters. The third-order valence-electron chi connectivity index (χ3n) is 13.0. The van der Waals surface area contributed by atoms with Crippen molar-refractivity contribution in [2.75, 3.05) is 13.2 Å². The van der Waals surface area contributed by atoms with E-state index in [-0.39, 0.29) is 31.1 Å². The molecule has 0 unspecified atom stereocenters. The van der Waals surface area contributed by atoms with Crippen LogP contribution in [0.4, 0.5) is 0 Å². The summed E-state index contributed by atoms with van der Waals surface area (Å²) in [6.45, 7) is 11.4. The van der Waals surface area contributed by atoms with Crippen LogP contribution in [0.3, 0.4) is 0 Å². The third-order valence-corrected chi connectivity index (χ3v) is 13.0. The lowest BCUT2D eigenvalue weighted by atomic mass is 10.0. The van der Waals surface area contributed by atoms with Crippen LogP contribution >= 0.6 is 0 Å². The summed E-state index contributed by atoms with van der Waals surface area (Å²) < 4.78 is 16.9. The van der Waals surface area contributed by atoms with Gasteiger partial charge in [0.25, 0.3) is 0 Å². The number of unbranched alkanes of at least 4 members (excludes halogenated alkanes) is 36. The molecule has 0 bridgehead atoms. The number of esters is 3. The molecule has 0 heterocycles. The fourth-order valence-electron chi connectivity index (χ4n) is 8.70. The first-order valence-electron chi connectivity index (χ1n) is 28.2. The summed E-state index contributed by atoms with van der Waals surface area (Å²) in [5.41, 5.74) is 0. The van der Waals surface area contributed by atoms with Crippen molar-refractivity contribution in [3.63, 3.8) is 0 Å². The molecule has 0 N–H and O–H groups in total. The molecular weight excluding hydrogens is 781 g/mol. The molecule has 0 aliphatic rings. The van der Waals surface area contributed by atoms with Crippen molar-refractivity contribution in [1.82, 2.24) is 0 Å². The summed E-state index contributed by atoms with van der Waals surface area (Å²) in [5, 5.41) is 0. The molecule has 0 amide bonds.